The van der Waals surface area contributed by atoms with Crippen LogP contribution in [0.1, 0.15) is 50.3 Å². The number of primary sulfonamides is 1. The van der Waals surface area contributed by atoms with Crippen LogP contribution in [0.5, 0.6) is 0 Å². The fourth-order valence-electron chi connectivity index (χ4n) is 4.99. The molecular weight excluding hydrogens is 527 g/mol. The van der Waals surface area contributed by atoms with Gasteiger partial charge in [0.25, 0.3) is 0 Å². The molecule has 5 rings (SSSR count). The van der Waals surface area contributed by atoms with Crippen LogP contribution >= 0.6 is 0 Å². The van der Waals surface area contributed by atoms with Crippen molar-refractivity contribution in [1.29, 1.82) is 0 Å². The number of carbonyl (C=O) groups is 1. The zero-order chi connectivity index (χ0) is 28.7. The Hall–Kier alpha value is -3.44. The Labute approximate surface area is 235 Å². The summed E-state index contributed by atoms with van der Waals surface area (Å²) < 4.78 is 41.5. The maximum Gasteiger partial charge on any atom is 0.492 e. The van der Waals surface area contributed by atoms with E-state index in [0.29, 0.717) is 11.0 Å². The Morgan fingerprint density at radius 3 is 1.98 bits per heavy atom. The van der Waals surface area contributed by atoms with Gasteiger partial charge in [0.15, 0.2) is 0 Å². The van der Waals surface area contributed by atoms with Crippen LogP contribution in [-0.2, 0) is 24.1 Å². The molecule has 3 N–H and O–H groups in total. The Kier molecular flexibility index (Phi) is 7.39. The molecule has 0 unspecified atom stereocenters. The van der Waals surface area contributed by atoms with Gasteiger partial charge in [0, 0.05) is 12.5 Å². The van der Waals surface area contributed by atoms with Crippen LogP contribution in [0.25, 0.3) is 17.2 Å². The Bertz CT molecular complexity index is 1510. The molecule has 1 heterocycles. The Morgan fingerprint density at radius 2 is 1.45 bits per heavy atom. The van der Waals surface area contributed by atoms with Crippen molar-refractivity contribution in [3.8, 4) is 11.1 Å². The maximum atomic E-state index is 12.9. The molecule has 3 aromatic rings. The number of amides is 1. The van der Waals surface area contributed by atoms with E-state index >= 15 is 0 Å². The summed E-state index contributed by atoms with van der Waals surface area (Å²) in [5, 5.41) is 8.07. The number of nitrogens with two attached hydrogens (primary N) is 1. The molecule has 0 aromatic heterocycles. The highest BCUT2D eigenvalue weighted by atomic mass is 32.2. The summed E-state index contributed by atoms with van der Waals surface area (Å²) in [7, 11) is -4.54. The van der Waals surface area contributed by atoms with Gasteiger partial charge in [-0.05, 0) is 73.1 Å². The van der Waals surface area contributed by atoms with E-state index in [1.165, 1.54) is 12.1 Å². The summed E-state index contributed by atoms with van der Waals surface area (Å²) in [6, 6.07) is 22.5. The quantitative estimate of drug-likeness (QED) is 0.398. The highest BCUT2D eigenvalue weighted by Crippen LogP contribution is 2.44. The lowest BCUT2D eigenvalue weighted by atomic mass is 9.77. The fourth-order valence-corrected chi connectivity index (χ4v) is 5.50. The van der Waals surface area contributed by atoms with Crippen LogP contribution < -0.4 is 10.5 Å². The molecule has 1 aliphatic heterocycles. The average molecular weight is 560 g/mol. The van der Waals surface area contributed by atoms with Gasteiger partial charge in [0.05, 0.1) is 16.1 Å². The molecule has 1 aliphatic carbocycles. The topological polar surface area (TPSA) is 117 Å². The first-order chi connectivity index (χ1) is 18.9. The molecule has 1 fully saturated rings. The summed E-state index contributed by atoms with van der Waals surface area (Å²) in [6.45, 7) is 8.10. The summed E-state index contributed by atoms with van der Waals surface area (Å²) in [4.78, 5) is 12.9. The third-order valence-electron chi connectivity index (χ3n) is 7.90. The normalized spacial score (nSPS) is 17.8. The standard InChI is InChI=1S/C30H33BN2O6S/c1-29(2)30(3,4)39-31(38-29)21(17-20-13-15-22(16-14-20)40(32,35)36)18-33-28(34)37-19-27-25-11-7-5-9-23(25)24-10-6-8-12-26(24)27/h5-17,27H,18-19H2,1-4H3,(H,33,34)(H2,32,35,36). The van der Waals surface area contributed by atoms with E-state index in [-0.39, 0.29) is 24.0 Å². The number of nitrogens with one attached hydrogen (secondary N) is 1. The van der Waals surface area contributed by atoms with Gasteiger partial charge in [-0.1, -0.05) is 66.7 Å². The molecular formula is C30H33BN2O6S. The average Bonchev–Trinajstić information content (AvgIpc) is 3.34. The van der Waals surface area contributed by atoms with E-state index in [1.54, 1.807) is 18.2 Å². The van der Waals surface area contributed by atoms with Gasteiger partial charge in [-0.15, -0.1) is 0 Å². The van der Waals surface area contributed by atoms with Crippen LogP contribution in [-0.4, -0.2) is 46.0 Å². The first kappa shape index (κ1) is 28.1. The number of alkyl carbamates (subject to hydrolysis) is 1. The van der Waals surface area contributed by atoms with Crippen LogP contribution in [0.2, 0.25) is 0 Å². The van der Waals surface area contributed by atoms with Gasteiger partial charge in [-0.2, -0.15) is 0 Å². The van der Waals surface area contributed by atoms with Gasteiger partial charge in [-0.25, -0.2) is 18.4 Å². The van der Waals surface area contributed by atoms with E-state index in [4.69, 9.17) is 19.2 Å². The van der Waals surface area contributed by atoms with Gasteiger partial charge >= 0.3 is 13.2 Å². The Balaban J connectivity index is 1.31. The van der Waals surface area contributed by atoms with Gasteiger partial charge < -0.3 is 19.4 Å². The number of sulfonamides is 1. The van der Waals surface area contributed by atoms with Gasteiger partial charge in [0.1, 0.15) is 6.61 Å². The first-order valence-corrected chi connectivity index (χ1v) is 14.7. The number of benzene rings is 3. The molecule has 1 saturated heterocycles. The van der Waals surface area contributed by atoms with Crippen molar-refractivity contribution < 1.29 is 27.3 Å². The van der Waals surface area contributed by atoms with Crippen molar-refractivity contribution in [2.24, 2.45) is 5.14 Å². The van der Waals surface area contributed by atoms with Gasteiger partial charge in [0.2, 0.25) is 10.0 Å². The first-order valence-electron chi connectivity index (χ1n) is 13.1. The second kappa shape index (κ2) is 10.5. The number of hydrogen-bond donors (Lipinski definition) is 2. The smallest absolute Gasteiger partial charge is 0.449 e. The lowest BCUT2D eigenvalue weighted by Gasteiger charge is -2.32. The number of hydrogen-bond acceptors (Lipinski definition) is 6. The van der Waals surface area contributed by atoms with Crippen LogP contribution in [0.3, 0.4) is 0 Å². The molecule has 3 aromatic carbocycles. The second-order valence-electron chi connectivity index (χ2n) is 11.1. The van der Waals surface area contributed by atoms with Crippen molar-refractivity contribution in [3.05, 3.63) is 95.0 Å². The fraction of sp³-hybridized carbons (Fsp3) is 0.300. The molecule has 0 atom stereocenters. The minimum Gasteiger partial charge on any atom is -0.449 e. The molecule has 2 aliphatic rings. The highest BCUT2D eigenvalue weighted by Gasteiger charge is 2.52. The number of ether oxygens (including phenoxy) is 1. The third kappa shape index (κ3) is 5.58. The van der Waals surface area contributed by atoms with E-state index in [2.05, 4.69) is 29.6 Å². The Morgan fingerprint density at radius 1 is 0.925 bits per heavy atom. The summed E-state index contributed by atoms with van der Waals surface area (Å²) in [5.74, 6) is -0.0476. The van der Waals surface area contributed by atoms with E-state index in [1.807, 2.05) is 52.0 Å². The van der Waals surface area contributed by atoms with E-state index < -0.39 is 34.4 Å². The molecule has 0 radical (unpaired) electrons. The molecule has 208 valence electrons. The van der Waals surface area contributed by atoms with Crippen molar-refractivity contribution >= 4 is 29.3 Å². The van der Waals surface area contributed by atoms with Crippen molar-refractivity contribution in [3.63, 3.8) is 0 Å². The molecule has 0 spiro atoms. The summed E-state index contributed by atoms with van der Waals surface area (Å²) in [5.41, 5.74) is 4.77. The minimum absolute atomic E-state index is 0.0126. The second-order valence-corrected chi connectivity index (χ2v) is 12.7. The van der Waals surface area contributed by atoms with Gasteiger partial charge in [-0.3, -0.25) is 0 Å². The van der Waals surface area contributed by atoms with Crippen molar-refractivity contribution in [1.82, 2.24) is 5.32 Å². The number of carbonyl (C=O) groups excluding carboxylic acids is 1. The molecule has 8 nitrogen and oxygen atoms in total. The molecule has 10 heteroatoms. The zero-order valence-corrected chi connectivity index (χ0v) is 23.8. The van der Waals surface area contributed by atoms with Crippen LogP contribution in [0, 0.1) is 0 Å². The lowest BCUT2D eigenvalue weighted by Crippen LogP contribution is -2.41. The monoisotopic (exact) mass is 560 g/mol. The molecule has 1 amide bonds. The third-order valence-corrected chi connectivity index (χ3v) is 8.83. The number of fused-ring (bicyclic) bond motifs is 3. The van der Waals surface area contributed by atoms with Crippen LogP contribution in [0.15, 0.2) is 83.2 Å². The highest BCUT2D eigenvalue weighted by molar-refractivity contribution is 7.89. The maximum absolute atomic E-state index is 12.9. The molecule has 0 bridgehead atoms. The zero-order valence-electron chi connectivity index (χ0n) is 23.0. The van der Waals surface area contributed by atoms with E-state index in [0.717, 1.165) is 22.3 Å². The predicted molar refractivity (Wildman–Crippen MR) is 155 cm³/mol. The van der Waals surface area contributed by atoms with Crippen LogP contribution in [0.4, 0.5) is 4.79 Å². The predicted octanol–water partition coefficient (Wildman–Crippen LogP) is 4.89. The summed E-state index contributed by atoms with van der Waals surface area (Å²) >= 11 is 0. The lowest BCUT2D eigenvalue weighted by molar-refractivity contribution is 0.00578. The van der Waals surface area contributed by atoms with Crippen molar-refractivity contribution in [2.45, 2.75) is 49.7 Å². The van der Waals surface area contributed by atoms with E-state index in [9.17, 15) is 13.2 Å². The molecule has 0 saturated carbocycles. The largest absolute Gasteiger partial charge is 0.492 e. The SMILES string of the molecule is CC1(C)OB(C(=Cc2ccc(S(N)(=O)=O)cc2)CNC(=O)OCC2c3ccccc3-c3ccccc32)OC1(C)C. The minimum atomic E-state index is -3.81. The molecule has 40 heavy (non-hydrogen) atoms. The summed E-state index contributed by atoms with van der Waals surface area (Å²) in [6.07, 6.45) is 1.24. The van der Waals surface area contributed by atoms with Crippen molar-refractivity contribution in [2.75, 3.05) is 13.2 Å². The number of rotatable bonds is 7.